The number of amidine groups is 1. The Morgan fingerprint density at radius 2 is 0.909 bits per heavy atom. The quantitative estimate of drug-likeness (QED) is 0.0730. The molecule has 44 heavy (non-hydrogen) atoms. The zero-order valence-electron chi connectivity index (χ0n) is 30.2. The molecule has 1 heterocycles. The minimum Gasteiger partial charge on any atom is -0.330 e. The maximum atomic E-state index is 13.1. The zero-order chi connectivity index (χ0) is 31.8. The molecule has 0 bridgehead atoms. The Kier molecular flexibility index (Phi) is 30.0. The normalized spacial score (nSPS) is 14.9. The molecule has 0 fully saturated rings. The van der Waals surface area contributed by atoms with Crippen LogP contribution in [0.25, 0.3) is 0 Å². The molecule has 0 saturated carbocycles. The monoisotopic (exact) mass is 618 g/mol. The van der Waals surface area contributed by atoms with Gasteiger partial charge in [0.15, 0.2) is 0 Å². The van der Waals surface area contributed by atoms with Crippen LogP contribution in [0, 0.1) is 0 Å². The molecular formula is C40H79N3O. The SMILES string of the molecule is CCCCCCCCCCCCCCCCCC(=O)N1CC(CCN)N=C1CCCCCCCCCCCCCCCCC. The van der Waals surface area contributed by atoms with Crippen molar-refractivity contribution in [3.05, 3.63) is 0 Å². The molecule has 2 N–H and O–H groups in total. The smallest absolute Gasteiger partial charge is 0.227 e. The molecule has 4 heteroatoms. The van der Waals surface area contributed by atoms with Crippen LogP contribution in [-0.4, -0.2) is 35.8 Å². The van der Waals surface area contributed by atoms with Crippen LogP contribution in [0.15, 0.2) is 4.99 Å². The van der Waals surface area contributed by atoms with E-state index in [2.05, 4.69) is 13.8 Å². The molecule has 0 radical (unpaired) electrons. The molecule has 260 valence electrons. The van der Waals surface area contributed by atoms with Crippen LogP contribution >= 0.6 is 0 Å². The molecule has 1 amide bonds. The first-order chi connectivity index (χ1) is 21.7. The van der Waals surface area contributed by atoms with Crippen molar-refractivity contribution in [2.75, 3.05) is 13.1 Å². The van der Waals surface area contributed by atoms with E-state index in [1.54, 1.807) is 0 Å². The van der Waals surface area contributed by atoms with Crippen LogP contribution in [0.5, 0.6) is 0 Å². The fourth-order valence-corrected chi connectivity index (χ4v) is 6.87. The summed E-state index contributed by atoms with van der Waals surface area (Å²) in [4.78, 5) is 20.1. The van der Waals surface area contributed by atoms with Crippen molar-refractivity contribution in [3.8, 4) is 0 Å². The molecule has 1 atom stereocenters. The number of hydrogen-bond acceptors (Lipinski definition) is 3. The second-order valence-corrected chi connectivity index (χ2v) is 14.2. The summed E-state index contributed by atoms with van der Waals surface area (Å²) in [7, 11) is 0. The van der Waals surface area contributed by atoms with Gasteiger partial charge in [0, 0.05) is 19.4 Å². The Morgan fingerprint density at radius 3 is 1.27 bits per heavy atom. The lowest BCUT2D eigenvalue weighted by Crippen LogP contribution is -2.35. The highest BCUT2D eigenvalue weighted by Crippen LogP contribution is 2.20. The fraction of sp³-hybridized carbons (Fsp3) is 0.950. The molecule has 4 nitrogen and oxygen atoms in total. The van der Waals surface area contributed by atoms with Crippen molar-refractivity contribution in [3.63, 3.8) is 0 Å². The molecule has 0 aromatic carbocycles. The molecule has 0 spiro atoms. The van der Waals surface area contributed by atoms with E-state index < -0.39 is 0 Å². The van der Waals surface area contributed by atoms with Gasteiger partial charge in [0.2, 0.25) is 5.91 Å². The van der Waals surface area contributed by atoms with Crippen molar-refractivity contribution < 1.29 is 4.79 Å². The van der Waals surface area contributed by atoms with E-state index in [1.807, 2.05) is 4.90 Å². The fourth-order valence-electron chi connectivity index (χ4n) is 6.87. The summed E-state index contributed by atoms with van der Waals surface area (Å²) >= 11 is 0. The molecule has 1 unspecified atom stereocenters. The van der Waals surface area contributed by atoms with E-state index in [9.17, 15) is 4.79 Å². The van der Waals surface area contributed by atoms with E-state index in [4.69, 9.17) is 10.7 Å². The molecule has 0 saturated heterocycles. The highest BCUT2D eigenvalue weighted by molar-refractivity contribution is 5.99. The van der Waals surface area contributed by atoms with Gasteiger partial charge in [-0.3, -0.25) is 14.7 Å². The van der Waals surface area contributed by atoms with Gasteiger partial charge in [0.25, 0.3) is 0 Å². The third-order valence-electron chi connectivity index (χ3n) is 9.84. The first kappa shape index (κ1) is 41.1. The van der Waals surface area contributed by atoms with Crippen LogP contribution in [0.2, 0.25) is 0 Å². The minimum atomic E-state index is 0.219. The molecular weight excluding hydrogens is 538 g/mol. The highest BCUT2D eigenvalue weighted by atomic mass is 16.2. The Labute approximate surface area is 276 Å². The zero-order valence-corrected chi connectivity index (χ0v) is 30.2. The van der Waals surface area contributed by atoms with Crippen LogP contribution < -0.4 is 5.73 Å². The predicted octanol–water partition coefficient (Wildman–Crippen LogP) is 12.5. The first-order valence-corrected chi connectivity index (χ1v) is 20.3. The van der Waals surface area contributed by atoms with Crippen molar-refractivity contribution in [2.24, 2.45) is 10.7 Å². The van der Waals surface area contributed by atoms with Gasteiger partial charge in [-0.25, -0.2) is 0 Å². The molecule has 0 aromatic heterocycles. The van der Waals surface area contributed by atoms with Crippen molar-refractivity contribution in [2.45, 2.75) is 232 Å². The van der Waals surface area contributed by atoms with Gasteiger partial charge >= 0.3 is 0 Å². The van der Waals surface area contributed by atoms with Gasteiger partial charge in [-0.15, -0.1) is 0 Å². The van der Waals surface area contributed by atoms with E-state index in [1.165, 1.54) is 180 Å². The Morgan fingerprint density at radius 1 is 0.568 bits per heavy atom. The number of carbonyl (C=O) groups is 1. The summed E-state index contributed by atoms with van der Waals surface area (Å²) < 4.78 is 0. The number of rotatable bonds is 34. The number of unbranched alkanes of at least 4 members (excludes halogenated alkanes) is 28. The van der Waals surface area contributed by atoms with E-state index >= 15 is 0 Å². The second kappa shape index (κ2) is 32.1. The van der Waals surface area contributed by atoms with Gasteiger partial charge in [0.05, 0.1) is 6.04 Å². The molecule has 1 aliphatic rings. The Balaban J connectivity index is 2.03. The number of nitrogens with two attached hydrogens (primary N) is 1. The van der Waals surface area contributed by atoms with Crippen molar-refractivity contribution >= 4 is 11.7 Å². The molecule has 1 aliphatic heterocycles. The second-order valence-electron chi connectivity index (χ2n) is 14.2. The number of amides is 1. The van der Waals surface area contributed by atoms with Crippen LogP contribution in [0.3, 0.4) is 0 Å². The molecule has 0 aromatic rings. The number of carbonyl (C=O) groups excluding carboxylic acids is 1. The summed E-state index contributed by atoms with van der Waals surface area (Å²) in [5.74, 6) is 1.36. The summed E-state index contributed by atoms with van der Waals surface area (Å²) in [6, 6.07) is 0.219. The maximum Gasteiger partial charge on any atom is 0.227 e. The third-order valence-corrected chi connectivity index (χ3v) is 9.84. The van der Waals surface area contributed by atoms with Gasteiger partial charge in [-0.2, -0.15) is 0 Å². The average Bonchev–Trinajstić information content (AvgIpc) is 3.43. The minimum absolute atomic E-state index is 0.219. The highest BCUT2D eigenvalue weighted by Gasteiger charge is 2.28. The predicted molar refractivity (Wildman–Crippen MR) is 196 cm³/mol. The van der Waals surface area contributed by atoms with Crippen LogP contribution in [0.1, 0.15) is 226 Å². The lowest BCUT2D eigenvalue weighted by atomic mass is 10.0. The number of hydrogen-bond donors (Lipinski definition) is 1. The number of aliphatic imine (C=N–C) groups is 1. The van der Waals surface area contributed by atoms with E-state index in [0.29, 0.717) is 18.9 Å². The lowest BCUT2D eigenvalue weighted by molar-refractivity contribution is -0.127. The van der Waals surface area contributed by atoms with E-state index in [-0.39, 0.29) is 6.04 Å². The van der Waals surface area contributed by atoms with Crippen molar-refractivity contribution in [1.29, 1.82) is 0 Å². The van der Waals surface area contributed by atoms with E-state index in [0.717, 1.165) is 38.1 Å². The maximum absolute atomic E-state index is 13.1. The molecule has 0 aliphatic carbocycles. The average molecular weight is 618 g/mol. The topological polar surface area (TPSA) is 58.7 Å². The van der Waals surface area contributed by atoms with Crippen LogP contribution in [0.4, 0.5) is 0 Å². The van der Waals surface area contributed by atoms with Crippen molar-refractivity contribution in [1.82, 2.24) is 4.90 Å². The molecule has 1 rings (SSSR count). The van der Waals surface area contributed by atoms with Gasteiger partial charge in [0.1, 0.15) is 5.84 Å². The standard InChI is InChI=1S/C40H79N3O/c1-3-5-7-9-11-13-15-17-19-21-23-25-27-29-31-33-39-42-38(35-36-41)37-43(39)40(44)34-32-30-28-26-24-22-20-18-16-14-12-10-8-6-4-2/h38H,3-37,41H2,1-2H3. The Hall–Kier alpha value is -0.900. The summed E-state index contributed by atoms with van der Waals surface area (Å²) in [6.07, 6.45) is 43.6. The first-order valence-electron chi connectivity index (χ1n) is 20.3. The summed E-state index contributed by atoms with van der Waals surface area (Å²) in [5, 5.41) is 0. The van der Waals surface area contributed by atoms with Gasteiger partial charge in [-0.05, 0) is 25.8 Å². The largest absolute Gasteiger partial charge is 0.330 e. The van der Waals surface area contributed by atoms with Gasteiger partial charge in [-0.1, -0.05) is 194 Å². The lowest BCUT2D eigenvalue weighted by Gasteiger charge is -2.19. The summed E-state index contributed by atoms with van der Waals surface area (Å²) in [5.41, 5.74) is 5.84. The van der Waals surface area contributed by atoms with Gasteiger partial charge < -0.3 is 5.73 Å². The Bertz CT molecular complexity index is 649. The van der Waals surface area contributed by atoms with Crippen LogP contribution in [-0.2, 0) is 4.79 Å². The number of nitrogens with zero attached hydrogens (tertiary/aromatic N) is 2. The summed E-state index contributed by atoms with van der Waals surface area (Å²) in [6.45, 7) is 6.01. The third kappa shape index (κ3) is 24.3.